The lowest BCUT2D eigenvalue weighted by atomic mass is 10.2. The molecule has 0 aliphatic carbocycles. The highest BCUT2D eigenvalue weighted by Crippen LogP contribution is 2.24. The number of hydrogen-bond acceptors (Lipinski definition) is 5. The van der Waals surface area contributed by atoms with Crippen molar-refractivity contribution in [1.29, 1.82) is 0 Å². The van der Waals surface area contributed by atoms with Gasteiger partial charge >= 0.3 is 0 Å². The first-order valence-electron chi connectivity index (χ1n) is 10.8. The van der Waals surface area contributed by atoms with Crippen molar-refractivity contribution >= 4 is 33.9 Å². The summed E-state index contributed by atoms with van der Waals surface area (Å²) in [6.07, 6.45) is 3.61. The first kappa shape index (κ1) is 23.3. The fourth-order valence-electron chi connectivity index (χ4n) is 3.18. The average molecular weight is 521 g/mol. The first-order valence-corrected chi connectivity index (χ1v) is 12.6. The maximum Gasteiger partial charge on any atom is 0.212 e. The van der Waals surface area contributed by atoms with Gasteiger partial charge in [0, 0.05) is 22.2 Å². The molecule has 1 aromatic heterocycles. The molecular weight excluding hydrogens is 496 g/mol. The van der Waals surface area contributed by atoms with E-state index in [0.717, 1.165) is 50.9 Å². The molecule has 1 heterocycles. The quantitative estimate of drug-likeness (QED) is 0.171. The minimum atomic E-state index is 0.508. The minimum Gasteiger partial charge on any atom is -0.488 e. The van der Waals surface area contributed by atoms with Gasteiger partial charge < -0.3 is 4.74 Å². The van der Waals surface area contributed by atoms with E-state index in [1.54, 1.807) is 11.8 Å². The SMILES string of the molecule is CCCc1nnc(SCc2ccc(Br)cc2)n1/N=C/c1ccccc1OCc1ccccc1. The number of benzene rings is 3. The molecular formula is C26H25BrN4OS. The number of hydrogen-bond donors (Lipinski definition) is 0. The van der Waals surface area contributed by atoms with E-state index in [1.165, 1.54) is 5.56 Å². The summed E-state index contributed by atoms with van der Waals surface area (Å²) in [5, 5.41) is 14.3. The molecule has 0 N–H and O–H groups in total. The summed E-state index contributed by atoms with van der Waals surface area (Å²) in [6, 6.07) is 26.4. The van der Waals surface area contributed by atoms with Gasteiger partial charge in [0.2, 0.25) is 5.16 Å². The molecule has 0 fully saturated rings. The van der Waals surface area contributed by atoms with Crippen LogP contribution in [0.5, 0.6) is 5.75 Å². The molecule has 3 aromatic carbocycles. The van der Waals surface area contributed by atoms with Crippen molar-refractivity contribution in [2.75, 3.05) is 0 Å². The second-order valence-corrected chi connectivity index (χ2v) is 9.29. The molecule has 0 bridgehead atoms. The Morgan fingerprint density at radius 3 is 2.48 bits per heavy atom. The highest BCUT2D eigenvalue weighted by Gasteiger charge is 2.12. The van der Waals surface area contributed by atoms with Crippen LogP contribution >= 0.6 is 27.7 Å². The van der Waals surface area contributed by atoms with Crippen LogP contribution in [0.3, 0.4) is 0 Å². The van der Waals surface area contributed by atoms with Gasteiger partial charge in [-0.2, -0.15) is 9.78 Å². The summed E-state index contributed by atoms with van der Waals surface area (Å²) >= 11 is 5.11. The van der Waals surface area contributed by atoms with Gasteiger partial charge in [-0.05, 0) is 41.8 Å². The number of aryl methyl sites for hydroxylation is 1. The average Bonchev–Trinajstić information content (AvgIpc) is 3.23. The maximum atomic E-state index is 6.08. The molecule has 0 spiro atoms. The lowest BCUT2D eigenvalue weighted by molar-refractivity contribution is 0.306. The van der Waals surface area contributed by atoms with E-state index in [0.29, 0.717) is 6.61 Å². The largest absolute Gasteiger partial charge is 0.488 e. The van der Waals surface area contributed by atoms with Crippen LogP contribution in [0.1, 0.15) is 35.9 Å². The molecule has 0 radical (unpaired) electrons. The molecule has 4 aromatic rings. The molecule has 168 valence electrons. The molecule has 0 unspecified atom stereocenters. The number of halogens is 1. The fourth-order valence-corrected chi connectivity index (χ4v) is 4.31. The van der Waals surface area contributed by atoms with Crippen molar-refractivity contribution in [2.45, 2.75) is 37.3 Å². The van der Waals surface area contributed by atoms with E-state index in [1.807, 2.05) is 65.5 Å². The van der Waals surface area contributed by atoms with Crippen LogP contribution in [0.25, 0.3) is 0 Å². The zero-order chi connectivity index (χ0) is 22.9. The third kappa shape index (κ3) is 6.55. The summed E-state index contributed by atoms with van der Waals surface area (Å²) < 4.78 is 9.00. The Hall–Kier alpha value is -2.90. The maximum absolute atomic E-state index is 6.08. The standard InChI is InChI=1S/C26H25BrN4OS/c1-2-8-25-29-30-26(33-19-21-13-15-23(27)16-14-21)31(25)28-17-22-11-6-7-12-24(22)32-18-20-9-4-3-5-10-20/h3-7,9-17H,2,8,18-19H2,1H3/b28-17+. The van der Waals surface area contributed by atoms with Crippen LogP contribution in [0.2, 0.25) is 0 Å². The summed E-state index contributed by atoms with van der Waals surface area (Å²) in [6.45, 7) is 2.64. The van der Waals surface area contributed by atoms with Gasteiger partial charge in [-0.15, -0.1) is 10.2 Å². The molecule has 0 saturated carbocycles. The Morgan fingerprint density at radius 1 is 0.939 bits per heavy atom. The smallest absolute Gasteiger partial charge is 0.212 e. The summed E-state index contributed by atoms with van der Waals surface area (Å²) in [7, 11) is 0. The second-order valence-electron chi connectivity index (χ2n) is 7.43. The Kier molecular flexibility index (Phi) is 8.33. The van der Waals surface area contributed by atoms with Gasteiger partial charge in [-0.1, -0.05) is 89.2 Å². The number of aromatic nitrogens is 3. The fraction of sp³-hybridized carbons (Fsp3) is 0.192. The summed E-state index contributed by atoms with van der Waals surface area (Å²) in [5.74, 6) is 2.44. The molecule has 4 rings (SSSR count). The second kappa shape index (κ2) is 11.8. The first-order chi connectivity index (χ1) is 16.2. The number of para-hydroxylation sites is 1. The Labute approximate surface area is 207 Å². The van der Waals surface area contributed by atoms with Crippen molar-refractivity contribution in [1.82, 2.24) is 14.9 Å². The number of nitrogens with zero attached hydrogens (tertiary/aromatic N) is 4. The van der Waals surface area contributed by atoms with Crippen LogP contribution in [0.4, 0.5) is 0 Å². The van der Waals surface area contributed by atoms with Crippen molar-refractivity contribution in [3.63, 3.8) is 0 Å². The van der Waals surface area contributed by atoms with Gasteiger partial charge in [-0.3, -0.25) is 0 Å². The van der Waals surface area contributed by atoms with Gasteiger partial charge in [0.15, 0.2) is 5.82 Å². The number of thioether (sulfide) groups is 1. The van der Waals surface area contributed by atoms with Crippen LogP contribution in [-0.2, 0) is 18.8 Å². The van der Waals surface area contributed by atoms with E-state index in [4.69, 9.17) is 9.84 Å². The Balaban J connectivity index is 1.52. The molecule has 0 aliphatic heterocycles. The van der Waals surface area contributed by atoms with Crippen LogP contribution in [-0.4, -0.2) is 21.1 Å². The zero-order valence-electron chi connectivity index (χ0n) is 18.4. The summed E-state index contributed by atoms with van der Waals surface area (Å²) in [5.41, 5.74) is 3.26. The highest BCUT2D eigenvalue weighted by molar-refractivity contribution is 9.10. The lowest BCUT2D eigenvalue weighted by Gasteiger charge is -2.09. The lowest BCUT2D eigenvalue weighted by Crippen LogP contribution is -2.02. The third-order valence-corrected chi connectivity index (χ3v) is 6.42. The third-order valence-electron chi connectivity index (χ3n) is 4.90. The van der Waals surface area contributed by atoms with E-state index in [-0.39, 0.29) is 0 Å². The zero-order valence-corrected chi connectivity index (χ0v) is 20.8. The van der Waals surface area contributed by atoms with Gasteiger partial charge in [0.05, 0.1) is 6.21 Å². The van der Waals surface area contributed by atoms with E-state index < -0.39 is 0 Å². The van der Waals surface area contributed by atoms with Gasteiger partial charge in [0.1, 0.15) is 12.4 Å². The highest BCUT2D eigenvalue weighted by atomic mass is 79.9. The van der Waals surface area contributed by atoms with E-state index >= 15 is 0 Å². The number of ether oxygens (including phenoxy) is 1. The Bertz CT molecular complexity index is 1190. The van der Waals surface area contributed by atoms with Gasteiger partial charge in [-0.25, -0.2) is 0 Å². The molecule has 7 heteroatoms. The molecule has 33 heavy (non-hydrogen) atoms. The number of rotatable bonds is 10. The topological polar surface area (TPSA) is 52.3 Å². The molecule has 0 aliphatic rings. The van der Waals surface area contributed by atoms with E-state index in [2.05, 4.69) is 57.3 Å². The van der Waals surface area contributed by atoms with Crippen LogP contribution < -0.4 is 4.74 Å². The van der Waals surface area contributed by atoms with Crippen molar-refractivity contribution in [3.05, 3.63) is 106 Å². The van der Waals surface area contributed by atoms with Gasteiger partial charge in [0.25, 0.3) is 0 Å². The normalized spacial score (nSPS) is 11.2. The predicted octanol–water partition coefficient (Wildman–Crippen LogP) is 6.75. The monoisotopic (exact) mass is 520 g/mol. The van der Waals surface area contributed by atoms with Crippen molar-refractivity contribution in [3.8, 4) is 5.75 Å². The van der Waals surface area contributed by atoms with Crippen LogP contribution in [0, 0.1) is 0 Å². The Morgan fingerprint density at radius 2 is 1.70 bits per heavy atom. The van der Waals surface area contributed by atoms with Crippen molar-refractivity contribution < 1.29 is 4.74 Å². The minimum absolute atomic E-state index is 0.508. The molecule has 5 nitrogen and oxygen atoms in total. The molecule has 0 amide bonds. The summed E-state index contributed by atoms with van der Waals surface area (Å²) in [4.78, 5) is 0. The molecule has 0 atom stereocenters. The predicted molar refractivity (Wildman–Crippen MR) is 138 cm³/mol. The molecule has 0 saturated heterocycles. The van der Waals surface area contributed by atoms with Crippen LogP contribution in [0.15, 0.2) is 93.6 Å². The van der Waals surface area contributed by atoms with Crippen molar-refractivity contribution in [2.24, 2.45) is 5.10 Å². The van der Waals surface area contributed by atoms with E-state index in [9.17, 15) is 0 Å².